The maximum Gasteiger partial charge on any atom is 0.229 e. The summed E-state index contributed by atoms with van der Waals surface area (Å²) in [6.07, 6.45) is 4.53. The van der Waals surface area contributed by atoms with Gasteiger partial charge in [-0.1, -0.05) is 13.3 Å². The molecule has 0 saturated carbocycles. The minimum Gasteiger partial charge on any atom is -0.312 e. The molecule has 2 fully saturated rings. The van der Waals surface area contributed by atoms with Gasteiger partial charge in [-0.25, -0.2) is 0 Å². The van der Waals surface area contributed by atoms with Crippen molar-refractivity contribution in [3.05, 3.63) is 0 Å². The zero-order valence-electron chi connectivity index (χ0n) is 9.87. The average Bonchev–Trinajstić information content (AvgIpc) is 2.25. The van der Waals surface area contributed by atoms with Gasteiger partial charge >= 0.3 is 0 Å². The fraction of sp³-hybridized carbons (Fsp3) is 0.833. The first-order valence-electron chi connectivity index (χ1n) is 6.23. The number of hydrogen-bond acceptors (Lipinski definition) is 3. The maximum absolute atomic E-state index is 11.8. The summed E-state index contributed by atoms with van der Waals surface area (Å²) in [5.74, 6) is 0.239. The number of likely N-dealkylation sites (tertiary alicyclic amines) is 1. The van der Waals surface area contributed by atoms with Crippen LogP contribution in [0.3, 0.4) is 0 Å². The Bertz CT molecular complexity index is 267. The molecule has 2 saturated heterocycles. The zero-order chi connectivity index (χ0) is 11.5. The lowest BCUT2D eigenvalue weighted by Crippen LogP contribution is -2.50. The summed E-state index contributed by atoms with van der Waals surface area (Å²) in [6, 6.07) is 0.315. The summed E-state index contributed by atoms with van der Waals surface area (Å²) in [6.45, 7) is 3.55. The average molecular weight is 224 g/mol. The van der Waals surface area contributed by atoms with Crippen LogP contribution in [0.2, 0.25) is 0 Å². The fourth-order valence-electron chi connectivity index (χ4n) is 2.53. The maximum atomic E-state index is 11.8. The molecule has 0 aromatic heterocycles. The number of hydrogen-bond donors (Lipinski definition) is 1. The van der Waals surface area contributed by atoms with Crippen LogP contribution in [-0.2, 0) is 9.59 Å². The highest BCUT2D eigenvalue weighted by Crippen LogP contribution is 2.20. The Morgan fingerprint density at radius 3 is 2.50 bits per heavy atom. The summed E-state index contributed by atoms with van der Waals surface area (Å²) in [7, 11) is 0. The van der Waals surface area contributed by atoms with Crippen molar-refractivity contribution in [3.63, 3.8) is 0 Å². The quantitative estimate of drug-likeness (QED) is 0.709. The molecule has 0 radical (unpaired) electrons. The normalized spacial score (nSPS) is 28.6. The Morgan fingerprint density at radius 2 is 1.94 bits per heavy atom. The molecule has 2 heterocycles. The number of nitrogens with zero attached hydrogens (tertiary/aromatic N) is 1. The van der Waals surface area contributed by atoms with Crippen LogP contribution in [0.1, 0.15) is 39.0 Å². The van der Waals surface area contributed by atoms with E-state index in [0.29, 0.717) is 25.4 Å². The van der Waals surface area contributed by atoms with Crippen molar-refractivity contribution in [2.75, 3.05) is 13.1 Å². The molecule has 1 unspecified atom stereocenters. The van der Waals surface area contributed by atoms with Gasteiger partial charge in [0.05, 0.1) is 0 Å². The van der Waals surface area contributed by atoms with Crippen LogP contribution in [0, 0.1) is 5.92 Å². The van der Waals surface area contributed by atoms with Gasteiger partial charge in [0.1, 0.15) is 0 Å². The van der Waals surface area contributed by atoms with Crippen molar-refractivity contribution in [2.45, 2.75) is 45.1 Å². The SMILES string of the molecule is CC1CC(=O)N(CC2CCCCN2)C(=O)C1. The molecular weight excluding hydrogens is 204 g/mol. The Kier molecular flexibility index (Phi) is 3.59. The highest BCUT2D eigenvalue weighted by atomic mass is 16.2. The van der Waals surface area contributed by atoms with Crippen LogP contribution >= 0.6 is 0 Å². The highest BCUT2D eigenvalue weighted by Gasteiger charge is 2.31. The lowest BCUT2D eigenvalue weighted by Gasteiger charge is -2.33. The van der Waals surface area contributed by atoms with Crippen LogP contribution in [0.5, 0.6) is 0 Å². The van der Waals surface area contributed by atoms with E-state index in [9.17, 15) is 9.59 Å². The summed E-state index contributed by atoms with van der Waals surface area (Å²) in [4.78, 5) is 25.0. The van der Waals surface area contributed by atoms with Gasteiger partial charge < -0.3 is 5.32 Å². The number of piperidine rings is 2. The van der Waals surface area contributed by atoms with E-state index in [1.165, 1.54) is 17.7 Å². The van der Waals surface area contributed by atoms with Crippen LogP contribution in [-0.4, -0.2) is 35.8 Å². The van der Waals surface area contributed by atoms with E-state index in [-0.39, 0.29) is 17.7 Å². The molecule has 90 valence electrons. The van der Waals surface area contributed by atoms with Gasteiger partial charge in [-0.05, 0) is 25.3 Å². The van der Waals surface area contributed by atoms with Crippen molar-refractivity contribution in [1.82, 2.24) is 10.2 Å². The van der Waals surface area contributed by atoms with Crippen LogP contribution in [0.15, 0.2) is 0 Å². The third-order valence-electron chi connectivity index (χ3n) is 3.46. The second-order valence-electron chi connectivity index (χ2n) is 5.06. The Balaban J connectivity index is 1.92. The van der Waals surface area contributed by atoms with Gasteiger partial charge in [0.15, 0.2) is 0 Å². The predicted octanol–water partition coefficient (Wildman–Crippen LogP) is 0.914. The smallest absolute Gasteiger partial charge is 0.229 e. The third-order valence-corrected chi connectivity index (χ3v) is 3.46. The molecule has 2 amide bonds. The number of rotatable bonds is 2. The van der Waals surface area contributed by atoms with Gasteiger partial charge in [-0.2, -0.15) is 0 Å². The monoisotopic (exact) mass is 224 g/mol. The van der Waals surface area contributed by atoms with Crippen LogP contribution < -0.4 is 5.32 Å². The van der Waals surface area contributed by atoms with E-state index in [0.717, 1.165) is 13.0 Å². The van der Waals surface area contributed by atoms with E-state index in [2.05, 4.69) is 5.32 Å². The first-order chi connectivity index (χ1) is 7.66. The Labute approximate surface area is 96.4 Å². The molecule has 0 aliphatic carbocycles. The molecule has 1 N–H and O–H groups in total. The summed E-state index contributed by atoms with van der Waals surface area (Å²) in [5.41, 5.74) is 0. The lowest BCUT2D eigenvalue weighted by atomic mass is 9.96. The van der Waals surface area contributed by atoms with E-state index in [4.69, 9.17) is 0 Å². The van der Waals surface area contributed by atoms with Crippen molar-refractivity contribution < 1.29 is 9.59 Å². The van der Waals surface area contributed by atoms with E-state index < -0.39 is 0 Å². The first-order valence-corrected chi connectivity index (χ1v) is 6.23. The topological polar surface area (TPSA) is 49.4 Å². The van der Waals surface area contributed by atoms with Crippen molar-refractivity contribution in [1.29, 1.82) is 0 Å². The summed E-state index contributed by atoms with van der Waals surface area (Å²) in [5, 5.41) is 3.37. The van der Waals surface area contributed by atoms with Crippen LogP contribution in [0.4, 0.5) is 0 Å². The Morgan fingerprint density at radius 1 is 1.25 bits per heavy atom. The molecule has 16 heavy (non-hydrogen) atoms. The van der Waals surface area contributed by atoms with Gasteiger partial charge in [-0.15, -0.1) is 0 Å². The van der Waals surface area contributed by atoms with Crippen molar-refractivity contribution in [2.24, 2.45) is 5.92 Å². The molecule has 0 aromatic carbocycles. The zero-order valence-corrected chi connectivity index (χ0v) is 9.87. The second-order valence-corrected chi connectivity index (χ2v) is 5.06. The van der Waals surface area contributed by atoms with E-state index >= 15 is 0 Å². The van der Waals surface area contributed by atoms with Crippen LogP contribution in [0.25, 0.3) is 0 Å². The molecule has 0 aromatic rings. The van der Waals surface area contributed by atoms with Crippen molar-refractivity contribution in [3.8, 4) is 0 Å². The Hall–Kier alpha value is -0.900. The minimum atomic E-state index is 0.0103. The largest absolute Gasteiger partial charge is 0.312 e. The molecule has 0 bridgehead atoms. The number of amides is 2. The molecule has 0 spiro atoms. The van der Waals surface area contributed by atoms with Crippen molar-refractivity contribution >= 4 is 11.8 Å². The molecule has 2 aliphatic rings. The summed E-state index contributed by atoms with van der Waals surface area (Å²) >= 11 is 0. The molecule has 1 atom stereocenters. The molecule has 2 rings (SSSR count). The third kappa shape index (κ3) is 2.61. The van der Waals surface area contributed by atoms with E-state index in [1.807, 2.05) is 6.92 Å². The molecule has 4 nitrogen and oxygen atoms in total. The molecule has 2 aliphatic heterocycles. The second kappa shape index (κ2) is 4.95. The van der Waals surface area contributed by atoms with E-state index in [1.54, 1.807) is 0 Å². The minimum absolute atomic E-state index is 0.0103. The molecule has 4 heteroatoms. The number of nitrogens with one attached hydrogen (secondary N) is 1. The van der Waals surface area contributed by atoms with Gasteiger partial charge in [0.2, 0.25) is 11.8 Å². The number of carbonyl (C=O) groups excluding carboxylic acids is 2. The fourth-order valence-corrected chi connectivity index (χ4v) is 2.53. The highest BCUT2D eigenvalue weighted by molar-refractivity contribution is 5.97. The number of imide groups is 1. The van der Waals surface area contributed by atoms with Gasteiger partial charge in [0.25, 0.3) is 0 Å². The van der Waals surface area contributed by atoms with Gasteiger partial charge in [-0.3, -0.25) is 14.5 Å². The first kappa shape index (κ1) is 11.6. The predicted molar refractivity (Wildman–Crippen MR) is 60.8 cm³/mol. The standard InChI is InChI=1S/C12H20N2O2/c1-9-6-11(15)14(12(16)7-9)8-10-4-2-3-5-13-10/h9-10,13H,2-8H2,1H3. The van der Waals surface area contributed by atoms with Gasteiger partial charge in [0, 0.05) is 25.4 Å². The molecular formula is C12H20N2O2. The lowest BCUT2D eigenvalue weighted by molar-refractivity contribution is -0.150. The number of carbonyl (C=O) groups is 2. The summed E-state index contributed by atoms with van der Waals surface area (Å²) < 4.78 is 0.